The standard InChI is InChI=1S/C23H28FN3O/c1-15-4-5-20-18(12-15)13-17(6-10-27-11-7-19(24)14-27)21(20)16(2)22-23(28-3)26-9-8-25-22/h4-5,8-9,12,16,19H,6-7,10-11,13-14H2,1-3H3. The topological polar surface area (TPSA) is 38.3 Å². The molecule has 2 unspecified atom stereocenters. The van der Waals surface area contributed by atoms with Gasteiger partial charge in [0.1, 0.15) is 11.9 Å². The first-order valence-electron chi connectivity index (χ1n) is 10.1. The summed E-state index contributed by atoms with van der Waals surface area (Å²) in [6.07, 6.45) is 5.31. The summed E-state index contributed by atoms with van der Waals surface area (Å²) in [7, 11) is 1.64. The molecule has 148 valence electrons. The second-order valence-electron chi connectivity index (χ2n) is 7.96. The molecular formula is C23H28FN3O. The van der Waals surface area contributed by atoms with E-state index in [-0.39, 0.29) is 5.92 Å². The van der Waals surface area contributed by atoms with Crippen LogP contribution in [-0.2, 0) is 6.42 Å². The van der Waals surface area contributed by atoms with E-state index in [2.05, 4.69) is 46.9 Å². The van der Waals surface area contributed by atoms with Gasteiger partial charge in [-0.15, -0.1) is 0 Å². The monoisotopic (exact) mass is 381 g/mol. The number of alkyl halides is 1. The molecule has 0 spiro atoms. The van der Waals surface area contributed by atoms with Gasteiger partial charge in [-0.25, -0.2) is 9.37 Å². The Balaban J connectivity index is 1.67. The molecule has 2 atom stereocenters. The number of allylic oxidation sites excluding steroid dienone is 1. The van der Waals surface area contributed by atoms with Crippen molar-refractivity contribution >= 4 is 5.57 Å². The van der Waals surface area contributed by atoms with Crippen LogP contribution in [0.5, 0.6) is 5.88 Å². The van der Waals surface area contributed by atoms with E-state index in [0.717, 1.165) is 31.6 Å². The number of rotatable bonds is 6. The van der Waals surface area contributed by atoms with Gasteiger partial charge in [0.15, 0.2) is 0 Å². The highest BCUT2D eigenvalue weighted by molar-refractivity contribution is 5.80. The maximum absolute atomic E-state index is 13.6. The Bertz CT molecular complexity index is 895. The van der Waals surface area contributed by atoms with Gasteiger partial charge in [0.25, 0.3) is 0 Å². The van der Waals surface area contributed by atoms with Crippen LogP contribution in [0.3, 0.4) is 0 Å². The molecule has 1 saturated heterocycles. The summed E-state index contributed by atoms with van der Waals surface area (Å²) in [5.74, 6) is 0.678. The largest absolute Gasteiger partial charge is 0.480 e. The van der Waals surface area contributed by atoms with Crippen molar-refractivity contribution < 1.29 is 9.13 Å². The van der Waals surface area contributed by atoms with Crippen molar-refractivity contribution in [2.24, 2.45) is 0 Å². The fourth-order valence-corrected chi connectivity index (χ4v) is 4.62. The molecule has 2 aliphatic rings. The van der Waals surface area contributed by atoms with Crippen molar-refractivity contribution in [3.8, 4) is 5.88 Å². The molecule has 4 nitrogen and oxygen atoms in total. The zero-order chi connectivity index (χ0) is 19.7. The lowest BCUT2D eigenvalue weighted by Gasteiger charge is -2.20. The van der Waals surface area contributed by atoms with Gasteiger partial charge in [-0.3, -0.25) is 4.98 Å². The zero-order valence-electron chi connectivity index (χ0n) is 16.9. The Morgan fingerprint density at radius 2 is 2.11 bits per heavy atom. The van der Waals surface area contributed by atoms with Gasteiger partial charge in [0, 0.05) is 37.9 Å². The number of benzene rings is 1. The number of likely N-dealkylation sites (tertiary alicyclic amines) is 1. The smallest absolute Gasteiger partial charge is 0.235 e. The van der Waals surface area contributed by atoms with Gasteiger partial charge in [-0.2, -0.15) is 0 Å². The summed E-state index contributed by atoms with van der Waals surface area (Å²) in [5, 5.41) is 0. The van der Waals surface area contributed by atoms with Crippen molar-refractivity contribution in [3.63, 3.8) is 0 Å². The highest BCUT2D eigenvalue weighted by atomic mass is 19.1. The summed E-state index contributed by atoms with van der Waals surface area (Å²) >= 11 is 0. The lowest BCUT2D eigenvalue weighted by Crippen LogP contribution is -2.22. The molecule has 0 bridgehead atoms. The predicted molar refractivity (Wildman–Crippen MR) is 109 cm³/mol. The van der Waals surface area contributed by atoms with Crippen LogP contribution in [0.2, 0.25) is 0 Å². The lowest BCUT2D eigenvalue weighted by molar-refractivity contribution is 0.290. The molecule has 4 rings (SSSR count). The van der Waals surface area contributed by atoms with Gasteiger partial charge in [0.2, 0.25) is 5.88 Å². The third-order valence-electron chi connectivity index (χ3n) is 6.01. The van der Waals surface area contributed by atoms with E-state index in [1.165, 1.54) is 27.8 Å². The lowest BCUT2D eigenvalue weighted by atomic mass is 9.89. The molecule has 5 heteroatoms. The summed E-state index contributed by atoms with van der Waals surface area (Å²) < 4.78 is 19.0. The van der Waals surface area contributed by atoms with Crippen molar-refractivity contribution in [1.82, 2.24) is 14.9 Å². The highest BCUT2D eigenvalue weighted by Crippen LogP contribution is 2.44. The number of methoxy groups -OCH3 is 1. The number of fused-ring (bicyclic) bond motifs is 1. The number of aryl methyl sites for hydroxylation is 1. The number of aromatic nitrogens is 2. The van der Waals surface area contributed by atoms with Gasteiger partial charge < -0.3 is 9.64 Å². The third kappa shape index (κ3) is 3.68. The highest BCUT2D eigenvalue weighted by Gasteiger charge is 2.30. The molecule has 0 N–H and O–H groups in total. The van der Waals surface area contributed by atoms with E-state index in [0.29, 0.717) is 18.8 Å². The third-order valence-corrected chi connectivity index (χ3v) is 6.01. The molecule has 1 aromatic heterocycles. The Labute approximate surface area is 166 Å². The predicted octanol–water partition coefficient (Wildman–Crippen LogP) is 4.34. The van der Waals surface area contributed by atoms with Crippen LogP contribution in [0.4, 0.5) is 4.39 Å². The van der Waals surface area contributed by atoms with Crippen LogP contribution in [0, 0.1) is 6.92 Å². The van der Waals surface area contributed by atoms with Crippen molar-refractivity contribution in [1.29, 1.82) is 0 Å². The zero-order valence-corrected chi connectivity index (χ0v) is 16.9. The molecule has 2 aromatic rings. The SMILES string of the molecule is COc1nccnc1C(C)C1=C(CCN2CCC(F)C2)Cc2cc(C)ccc21. The second kappa shape index (κ2) is 8.00. The van der Waals surface area contributed by atoms with Crippen LogP contribution in [0.15, 0.2) is 36.2 Å². The minimum absolute atomic E-state index is 0.0927. The Morgan fingerprint density at radius 3 is 2.86 bits per heavy atom. The number of hydrogen-bond acceptors (Lipinski definition) is 4. The fourth-order valence-electron chi connectivity index (χ4n) is 4.62. The molecule has 1 fully saturated rings. The molecule has 0 saturated carbocycles. The van der Waals surface area contributed by atoms with Crippen LogP contribution < -0.4 is 4.74 Å². The molecule has 1 aliphatic heterocycles. The summed E-state index contributed by atoms with van der Waals surface area (Å²) in [6, 6.07) is 6.70. The number of nitrogens with zero attached hydrogens (tertiary/aromatic N) is 3. The van der Waals surface area contributed by atoms with Gasteiger partial charge in [0.05, 0.1) is 7.11 Å². The first-order valence-corrected chi connectivity index (χ1v) is 10.1. The second-order valence-corrected chi connectivity index (χ2v) is 7.96. The maximum Gasteiger partial charge on any atom is 0.235 e. The minimum atomic E-state index is -0.667. The molecule has 2 heterocycles. The molecule has 28 heavy (non-hydrogen) atoms. The van der Waals surface area contributed by atoms with Crippen molar-refractivity contribution in [3.05, 3.63) is 58.6 Å². The number of halogens is 1. The molecule has 0 radical (unpaired) electrons. The van der Waals surface area contributed by atoms with Gasteiger partial charge in [-0.05, 0) is 42.9 Å². The van der Waals surface area contributed by atoms with Gasteiger partial charge in [-0.1, -0.05) is 36.3 Å². The first-order chi connectivity index (χ1) is 13.6. The Morgan fingerprint density at radius 1 is 1.29 bits per heavy atom. The van der Waals surface area contributed by atoms with E-state index < -0.39 is 6.17 Å². The van der Waals surface area contributed by atoms with Crippen molar-refractivity contribution in [2.45, 2.75) is 45.2 Å². The summed E-state index contributed by atoms with van der Waals surface area (Å²) in [4.78, 5) is 11.2. The van der Waals surface area contributed by atoms with Crippen LogP contribution >= 0.6 is 0 Å². The van der Waals surface area contributed by atoms with Crippen LogP contribution in [-0.4, -0.2) is 47.8 Å². The van der Waals surface area contributed by atoms with Crippen LogP contribution in [0.1, 0.15) is 48.1 Å². The fraction of sp³-hybridized carbons (Fsp3) is 0.478. The molecule has 1 aliphatic carbocycles. The maximum atomic E-state index is 13.6. The van der Waals surface area contributed by atoms with E-state index in [1.54, 1.807) is 19.5 Å². The minimum Gasteiger partial charge on any atom is -0.480 e. The summed E-state index contributed by atoms with van der Waals surface area (Å²) in [5.41, 5.74) is 7.61. The first kappa shape index (κ1) is 19.1. The molecule has 0 amide bonds. The molecular weight excluding hydrogens is 353 g/mol. The Hall–Kier alpha value is -2.27. The average molecular weight is 381 g/mol. The van der Waals surface area contributed by atoms with E-state index in [1.807, 2.05) is 0 Å². The van der Waals surface area contributed by atoms with E-state index in [9.17, 15) is 4.39 Å². The number of ether oxygens (including phenoxy) is 1. The quantitative estimate of drug-likeness (QED) is 0.746. The van der Waals surface area contributed by atoms with E-state index >= 15 is 0 Å². The normalized spacial score (nSPS) is 20.5. The van der Waals surface area contributed by atoms with Gasteiger partial charge >= 0.3 is 0 Å². The molecule has 1 aromatic carbocycles. The van der Waals surface area contributed by atoms with Crippen molar-refractivity contribution in [2.75, 3.05) is 26.7 Å². The summed E-state index contributed by atoms with van der Waals surface area (Å²) in [6.45, 7) is 6.67. The van der Waals surface area contributed by atoms with E-state index in [4.69, 9.17) is 4.74 Å². The number of hydrogen-bond donors (Lipinski definition) is 0. The van der Waals surface area contributed by atoms with Crippen LogP contribution in [0.25, 0.3) is 5.57 Å². The Kier molecular flexibility index (Phi) is 5.44. The average Bonchev–Trinajstić information content (AvgIpc) is 3.28.